The highest BCUT2D eigenvalue weighted by atomic mass is 19.1. The number of carbonyl (C=O) groups is 1. The molecule has 1 fully saturated rings. The number of rotatable bonds is 6. The van der Waals surface area contributed by atoms with Crippen molar-refractivity contribution < 1.29 is 13.6 Å². The third-order valence-electron chi connectivity index (χ3n) is 4.71. The number of pyridine rings is 1. The summed E-state index contributed by atoms with van der Waals surface area (Å²) in [5.74, 6) is -0.330. The third kappa shape index (κ3) is 4.36. The van der Waals surface area contributed by atoms with Gasteiger partial charge in [-0.3, -0.25) is 4.79 Å². The van der Waals surface area contributed by atoms with Gasteiger partial charge in [-0.05, 0) is 48.4 Å². The van der Waals surface area contributed by atoms with E-state index >= 15 is 0 Å². The van der Waals surface area contributed by atoms with Gasteiger partial charge in [0.05, 0.1) is 5.56 Å². The summed E-state index contributed by atoms with van der Waals surface area (Å²) in [6, 6.07) is 4.96. The van der Waals surface area contributed by atoms with Crippen LogP contribution >= 0.6 is 0 Å². The molecule has 1 amide bonds. The summed E-state index contributed by atoms with van der Waals surface area (Å²) in [5.41, 5.74) is 1.65. The van der Waals surface area contributed by atoms with Gasteiger partial charge in [-0.1, -0.05) is 20.3 Å². The van der Waals surface area contributed by atoms with E-state index in [9.17, 15) is 13.6 Å². The standard InChI is InChI=1S/C20H23F2N3O/c1-12(2)17-9-19(25-16-7-14(21)6-15(22)8-16)23-11-18(17)20(26)24-10-13-4-3-5-13/h6-9,11-13H,3-5,10H2,1-2H3,(H,23,25)(H,24,26). The first-order valence-corrected chi connectivity index (χ1v) is 8.93. The summed E-state index contributed by atoms with van der Waals surface area (Å²) in [6.07, 6.45) is 5.09. The van der Waals surface area contributed by atoms with E-state index in [1.807, 2.05) is 13.8 Å². The van der Waals surface area contributed by atoms with Gasteiger partial charge in [-0.2, -0.15) is 0 Å². The first-order valence-electron chi connectivity index (χ1n) is 8.93. The topological polar surface area (TPSA) is 54.0 Å². The molecule has 0 saturated heterocycles. The Balaban J connectivity index is 1.78. The lowest BCUT2D eigenvalue weighted by Gasteiger charge is -2.25. The minimum atomic E-state index is -0.663. The molecule has 1 saturated carbocycles. The lowest BCUT2D eigenvalue weighted by Crippen LogP contribution is -2.32. The summed E-state index contributed by atoms with van der Waals surface area (Å²) >= 11 is 0. The molecule has 1 aromatic heterocycles. The molecule has 0 atom stereocenters. The number of benzene rings is 1. The number of carbonyl (C=O) groups excluding carboxylic acids is 1. The normalized spacial score (nSPS) is 14.2. The number of nitrogens with one attached hydrogen (secondary N) is 2. The molecular formula is C20H23F2N3O. The Labute approximate surface area is 152 Å². The van der Waals surface area contributed by atoms with Crippen molar-refractivity contribution in [1.82, 2.24) is 10.3 Å². The maximum atomic E-state index is 13.3. The molecular weight excluding hydrogens is 336 g/mol. The predicted octanol–water partition coefficient (Wildman–Crippen LogP) is 4.76. The minimum Gasteiger partial charge on any atom is -0.352 e. The van der Waals surface area contributed by atoms with Gasteiger partial charge in [-0.15, -0.1) is 0 Å². The van der Waals surface area contributed by atoms with Crippen molar-refractivity contribution in [2.24, 2.45) is 5.92 Å². The van der Waals surface area contributed by atoms with Crippen LogP contribution in [0.25, 0.3) is 0 Å². The summed E-state index contributed by atoms with van der Waals surface area (Å²) in [4.78, 5) is 16.7. The second kappa shape index (κ2) is 7.81. The van der Waals surface area contributed by atoms with Gasteiger partial charge in [-0.25, -0.2) is 13.8 Å². The summed E-state index contributed by atoms with van der Waals surface area (Å²) in [7, 11) is 0. The molecule has 0 radical (unpaired) electrons. The molecule has 1 heterocycles. The Kier molecular flexibility index (Phi) is 5.49. The van der Waals surface area contributed by atoms with Crippen LogP contribution < -0.4 is 10.6 Å². The predicted molar refractivity (Wildman–Crippen MR) is 97.6 cm³/mol. The molecule has 26 heavy (non-hydrogen) atoms. The number of anilines is 2. The molecule has 0 spiro atoms. The zero-order valence-corrected chi connectivity index (χ0v) is 15.0. The first kappa shape index (κ1) is 18.3. The van der Waals surface area contributed by atoms with Crippen LogP contribution in [0.5, 0.6) is 0 Å². The Hall–Kier alpha value is -2.50. The third-order valence-corrected chi connectivity index (χ3v) is 4.71. The molecule has 6 heteroatoms. The van der Waals surface area contributed by atoms with Gasteiger partial charge in [0.25, 0.3) is 5.91 Å². The number of hydrogen-bond acceptors (Lipinski definition) is 3. The van der Waals surface area contributed by atoms with Crippen LogP contribution in [0.3, 0.4) is 0 Å². The second-order valence-electron chi connectivity index (χ2n) is 7.10. The van der Waals surface area contributed by atoms with Crippen LogP contribution in [0, 0.1) is 17.6 Å². The van der Waals surface area contributed by atoms with Crippen LogP contribution in [0.1, 0.15) is 54.9 Å². The molecule has 1 aliphatic carbocycles. The Morgan fingerprint density at radius 1 is 1.19 bits per heavy atom. The Bertz CT molecular complexity index is 783. The van der Waals surface area contributed by atoms with Crippen molar-refractivity contribution in [1.29, 1.82) is 0 Å². The smallest absolute Gasteiger partial charge is 0.253 e. The van der Waals surface area contributed by atoms with Gasteiger partial charge in [0.1, 0.15) is 17.5 Å². The average molecular weight is 359 g/mol. The SMILES string of the molecule is CC(C)c1cc(Nc2cc(F)cc(F)c2)ncc1C(=O)NCC1CCC1. The van der Waals surface area contributed by atoms with Gasteiger partial charge in [0.2, 0.25) is 0 Å². The summed E-state index contributed by atoms with van der Waals surface area (Å²) in [6.45, 7) is 4.67. The monoisotopic (exact) mass is 359 g/mol. The highest BCUT2D eigenvalue weighted by molar-refractivity contribution is 5.95. The molecule has 2 N–H and O–H groups in total. The lowest BCUT2D eigenvalue weighted by atomic mass is 9.85. The van der Waals surface area contributed by atoms with E-state index in [0.717, 1.165) is 11.6 Å². The lowest BCUT2D eigenvalue weighted by molar-refractivity contribution is 0.0937. The van der Waals surface area contributed by atoms with E-state index in [2.05, 4.69) is 15.6 Å². The van der Waals surface area contributed by atoms with Crippen LogP contribution in [0.2, 0.25) is 0 Å². The zero-order chi connectivity index (χ0) is 18.7. The molecule has 2 aromatic rings. The molecule has 4 nitrogen and oxygen atoms in total. The quantitative estimate of drug-likeness (QED) is 0.782. The fourth-order valence-electron chi connectivity index (χ4n) is 3.01. The highest BCUT2D eigenvalue weighted by Gasteiger charge is 2.20. The largest absolute Gasteiger partial charge is 0.352 e. The van der Waals surface area contributed by atoms with E-state index < -0.39 is 11.6 Å². The molecule has 138 valence electrons. The average Bonchev–Trinajstić information content (AvgIpc) is 2.52. The van der Waals surface area contributed by atoms with Crippen molar-refractivity contribution in [3.63, 3.8) is 0 Å². The van der Waals surface area contributed by atoms with Gasteiger partial charge < -0.3 is 10.6 Å². The first-order chi connectivity index (χ1) is 12.4. The number of halogens is 2. The summed E-state index contributed by atoms with van der Waals surface area (Å²) < 4.78 is 26.7. The van der Waals surface area contributed by atoms with Gasteiger partial charge >= 0.3 is 0 Å². The van der Waals surface area contributed by atoms with E-state index in [0.29, 0.717) is 23.8 Å². The van der Waals surface area contributed by atoms with Crippen LogP contribution in [0.15, 0.2) is 30.5 Å². The van der Waals surface area contributed by atoms with Crippen molar-refractivity contribution >= 4 is 17.4 Å². The maximum absolute atomic E-state index is 13.3. The van der Waals surface area contributed by atoms with E-state index in [4.69, 9.17) is 0 Å². The number of aromatic nitrogens is 1. The fraction of sp³-hybridized carbons (Fsp3) is 0.400. The van der Waals surface area contributed by atoms with Crippen LogP contribution in [0.4, 0.5) is 20.3 Å². The molecule has 1 aromatic carbocycles. The maximum Gasteiger partial charge on any atom is 0.253 e. The minimum absolute atomic E-state index is 0.104. The van der Waals surface area contributed by atoms with Crippen molar-refractivity contribution in [2.45, 2.75) is 39.0 Å². The fourth-order valence-corrected chi connectivity index (χ4v) is 3.01. The van der Waals surface area contributed by atoms with Crippen LogP contribution in [-0.2, 0) is 0 Å². The number of nitrogens with zero attached hydrogens (tertiary/aromatic N) is 1. The van der Waals surface area contributed by atoms with Gasteiger partial charge in [0.15, 0.2) is 0 Å². The Morgan fingerprint density at radius 3 is 2.46 bits per heavy atom. The van der Waals surface area contributed by atoms with E-state index in [-0.39, 0.29) is 17.5 Å². The second-order valence-corrected chi connectivity index (χ2v) is 7.10. The number of hydrogen-bond donors (Lipinski definition) is 2. The summed E-state index contributed by atoms with van der Waals surface area (Å²) in [5, 5.41) is 5.87. The van der Waals surface area contributed by atoms with Gasteiger partial charge in [0, 0.05) is 24.5 Å². The van der Waals surface area contributed by atoms with Crippen molar-refractivity contribution in [3.05, 3.63) is 53.2 Å². The molecule has 3 rings (SSSR count). The molecule has 0 unspecified atom stereocenters. The van der Waals surface area contributed by atoms with E-state index in [1.165, 1.54) is 37.6 Å². The van der Waals surface area contributed by atoms with E-state index in [1.54, 1.807) is 6.07 Å². The number of amides is 1. The van der Waals surface area contributed by atoms with Crippen molar-refractivity contribution in [3.8, 4) is 0 Å². The zero-order valence-electron chi connectivity index (χ0n) is 15.0. The van der Waals surface area contributed by atoms with Crippen LogP contribution in [-0.4, -0.2) is 17.4 Å². The van der Waals surface area contributed by atoms with Crippen molar-refractivity contribution in [2.75, 3.05) is 11.9 Å². The molecule has 0 bridgehead atoms. The highest BCUT2D eigenvalue weighted by Crippen LogP contribution is 2.27. The molecule has 1 aliphatic rings. The Morgan fingerprint density at radius 2 is 1.88 bits per heavy atom. The molecule has 0 aliphatic heterocycles.